The van der Waals surface area contributed by atoms with Crippen molar-refractivity contribution in [2.45, 2.75) is 63.8 Å². The SMILES string of the molecule is CCc1cc(Nc2ncc(Br)c(Nc3ccc4nccnc4c3P(C)(C)=O)n2)c(OC)cc1N1CCC(N2CCN(CCCc3cc(F)c(C4CCC(=O)NC4=O)c(F)c3)CC2)CC1. The third-order valence-corrected chi connectivity index (χ3v) is 14.7. The van der Waals surface area contributed by atoms with Gasteiger partial charge in [0, 0.05) is 87.6 Å². The summed E-state index contributed by atoms with van der Waals surface area (Å²) in [5.74, 6) is -1.96. The van der Waals surface area contributed by atoms with Crippen LogP contribution in [0.3, 0.4) is 0 Å². The van der Waals surface area contributed by atoms with Gasteiger partial charge >= 0.3 is 0 Å². The largest absolute Gasteiger partial charge is 0.494 e. The number of fused-ring (bicyclic) bond motifs is 1. The van der Waals surface area contributed by atoms with Gasteiger partial charge in [0.25, 0.3) is 0 Å². The number of halogens is 3. The fourth-order valence-electron chi connectivity index (χ4n) is 9.30. The van der Waals surface area contributed by atoms with Crippen molar-refractivity contribution < 1.29 is 27.7 Å². The lowest BCUT2D eigenvalue weighted by Crippen LogP contribution is -2.53. The van der Waals surface area contributed by atoms with E-state index in [0.717, 1.165) is 82.9 Å². The summed E-state index contributed by atoms with van der Waals surface area (Å²) in [7, 11) is -1.12. The van der Waals surface area contributed by atoms with Crippen LogP contribution < -0.4 is 30.9 Å². The average molecular weight is 960 g/mol. The molecule has 3 aromatic carbocycles. The van der Waals surface area contributed by atoms with Gasteiger partial charge in [0.2, 0.25) is 17.8 Å². The highest BCUT2D eigenvalue weighted by atomic mass is 79.9. The summed E-state index contributed by atoms with van der Waals surface area (Å²) in [5.41, 5.74) is 5.31. The first-order valence-corrected chi connectivity index (χ1v) is 25.3. The van der Waals surface area contributed by atoms with Gasteiger partial charge in [-0.3, -0.25) is 29.8 Å². The van der Waals surface area contributed by atoms with E-state index in [-0.39, 0.29) is 18.4 Å². The summed E-state index contributed by atoms with van der Waals surface area (Å²) < 4.78 is 50.2. The molecule has 0 bridgehead atoms. The molecule has 3 N–H and O–H groups in total. The fourth-order valence-corrected chi connectivity index (χ4v) is 11.0. The second-order valence-corrected chi connectivity index (χ2v) is 21.1. The number of carbonyl (C=O) groups is 2. The normalized spacial score (nSPS) is 18.0. The predicted octanol–water partition coefficient (Wildman–Crippen LogP) is 7.51. The van der Waals surface area contributed by atoms with Crippen LogP contribution in [0.15, 0.2) is 59.5 Å². The Morgan fingerprint density at radius 2 is 1.66 bits per heavy atom. The van der Waals surface area contributed by atoms with Gasteiger partial charge in [-0.2, -0.15) is 4.98 Å². The van der Waals surface area contributed by atoms with Crippen LogP contribution >= 0.6 is 23.1 Å². The topological polar surface area (TPSA) is 158 Å². The molecule has 338 valence electrons. The smallest absolute Gasteiger partial charge is 0.234 e. The standard InChI is InChI=1S/C46H54BrF2N10O4P/c1-5-29-25-37(54-46-52-27-32(47)44(56-46)53-36-10-9-35-42(51-15-14-50-35)43(36)64(3,4)62)39(63-2)26-38(29)59-17-12-30(13-18-59)58-21-19-57(20-22-58)16-6-7-28-23-33(48)41(34(49)24-28)31-8-11-40(60)55-45(31)61/h9-10,14-15,23-27,30-31H,5-8,11-13,16-22H2,1-4H3,(H,55,60,61)(H2,52,53,54,56). The molecule has 0 spiro atoms. The van der Waals surface area contributed by atoms with Crippen LogP contribution in [0, 0.1) is 11.6 Å². The number of ether oxygens (including phenoxy) is 1. The zero-order valence-electron chi connectivity index (χ0n) is 36.6. The first-order valence-electron chi connectivity index (χ1n) is 21.9. The summed E-state index contributed by atoms with van der Waals surface area (Å²) >= 11 is 3.59. The molecule has 5 heterocycles. The minimum Gasteiger partial charge on any atom is -0.494 e. The number of piperazine rings is 1. The molecule has 5 aromatic rings. The maximum atomic E-state index is 15.0. The second kappa shape index (κ2) is 19.6. The van der Waals surface area contributed by atoms with Crippen LogP contribution in [0.25, 0.3) is 11.0 Å². The molecule has 18 heteroatoms. The second-order valence-electron chi connectivity index (χ2n) is 17.1. The summed E-state index contributed by atoms with van der Waals surface area (Å²) in [6.07, 6.45) is 9.30. The van der Waals surface area contributed by atoms with Gasteiger partial charge in [-0.1, -0.05) is 6.92 Å². The maximum absolute atomic E-state index is 15.0. The number of hydrogen-bond acceptors (Lipinski definition) is 13. The monoisotopic (exact) mass is 958 g/mol. The lowest BCUT2D eigenvalue weighted by Gasteiger charge is -2.43. The molecule has 0 aliphatic carbocycles. The number of aryl methyl sites for hydroxylation is 2. The van der Waals surface area contributed by atoms with Crippen molar-refractivity contribution in [2.75, 3.05) is 81.8 Å². The zero-order chi connectivity index (χ0) is 45.1. The summed E-state index contributed by atoms with van der Waals surface area (Å²) in [5, 5.41) is 9.55. The highest BCUT2D eigenvalue weighted by Crippen LogP contribution is 2.42. The molecular weight excluding hydrogens is 905 g/mol. The highest BCUT2D eigenvalue weighted by Gasteiger charge is 2.33. The van der Waals surface area contributed by atoms with Crippen molar-refractivity contribution >= 4 is 80.1 Å². The van der Waals surface area contributed by atoms with E-state index in [9.17, 15) is 14.2 Å². The number of piperidine rings is 2. The van der Waals surface area contributed by atoms with Crippen LogP contribution in [0.2, 0.25) is 0 Å². The number of benzene rings is 3. The molecule has 2 amide bonds. The first-order chi connectivity index (χ1) is 30.8. The van der Waals surface area contributed by atoms with Gasteiger partial charge in [-0.25, -0.2) is 13.8 Å². The number of methoxy groups -OCH3 is 1. The Bertz CT molecular complexity index is 2580. The molecule has 3 saturated heterocycles. The third kappa shape index (κ3) is 10.1. The molecule has 2 aromatic heterocycles. The van der Waals surface area contributed by atoms with E-state index < -0.39 is 36.5 Å². The molecule has 8 rings (SSSR count). The van der Waals surface area contributed by atoms with Gasteiger partial charge in [0.15, 0.2) is 0 Å². The molecule has 3 aliphatic heterocycles. The number of imide groups is 1. The van der Waals surface area contributed by atoms with Crippen LogP contribution in [0.5, 0.6) is 5.75 Å². The lowest BCUT2D eigenvalue weighted by atomic mass is 9.88. The van der Waals surface area contributed by atoms with Crippen LogP contribution in [-0.2, 0) is 27.0 Å². The number of carbonyl (C=O) groups excluding carboxylic acids is 2. The third-order valence-electron chi connectivity index (χ3n) is 12.6. The summed E-state index contributed by atoms with van der Waals surface area (Å²) in [6.45, 7) is 12.1. The van der Waals surface area contributed by atoms with Crippen molar-refractivity contribution in [1.82, 2.24) is 35.1 Å². The van der Waals surface area contributed by atoms with E-state index in [2.05, 4.69) is 80.6 Å². The van der Waals surface area contributed by atoms with Crippen molar-refractivity contribution in [1.29, 1.82) is 0 Å². The fraction of sp³-hybridized carbons (Fsp3) is 0.435. The number of amides is 2. The predicted molar refractivity (Wildman–Crippen MR) is 250 cm³/mol. The molecule has 14 nitrogen and oxygen atoms in total. The molecule has 1 unspecified atom stereocenters. The minimum absolute atomic E-state index is 0.0675. The van der Waals surface area contributed by atoms with Gasteiger partial charge in [0.05, 0.1) is 39.7 Å². The minimum atomic E-state index is -2.78. The zero-order valence-corrected chi connectivity index (χ0v) is 39.1. The van der Waals surface area contributed by atoms with Gasteiger partial charge in [0.1, 0.15) is 35.9 Å². The van der Waals surface area contributed by atoms with E-state index in [0.29, 0.717) is 62.0 Å². The summed E-state index contributed by atoms with van der Waals surface area (Å²) in [6, 6.07) is 11.1. The summed E-state index contributed by atoms with van der Waals surface area (Å²) in [4.78, 5) is 49.5. The molecule has 0 radical (unpaired) electrons. The van der Waals surface area contributed by atoms with E-state index in [1.165, 1.54) is 17.7 Å². The van der Waals surface area contributed by atoms with E-state index in [4.69, 9.17) is 9.72 Å². The van der Waals surface area contributed by atoms with Crippen molar-refractivity contribution in [2.24, 2.45) is 0 Å². The van der Waals surface area contributed by atoms with Crippen molar-refractivity contribution in [3.63, 3.8) is 0 Å². The number of nitrogens with zero attached hydrogens (tertiary/aromatic N) is 7. The maximum Gasteiger partial charge on any atom is 0.234 e. The number of rotatable bonds is 14. The van der Waals surface area contributed by atoms with E-state index >= 15 is 8.78 Å². The lowest BCUT2D eigenvalue weighted by molar-refractivity contribution is -0.134. The van der Waals surface area contributed by atoms with Crippen LogP contribution in [-0.4, -0.2) is 114 Å². The Morgan fingerprint density at radius 3 is 2.34 bits per heavy atom. The quantitative estimate of drug-likeness (QED) is 0.0743. The number of anilines is 5. The number of nitrogens with one attached hydrogen (secondary N) is 3. The van der Waals surface area contributed by atoms with Crippen molar-refractivity contribution in [3.05, 3.63) is 87.8 Å². The Labute approximate surface area is 380 Å². The Kier molecular flexibility index (Phi) is 13.9. The van der Waals surface area contributed by atoms with E-state index in [1.807, 2.05) is 12.1 Å². The van der Waals surface area contributed by atoms with Crippen LogP contribution in [0.1, 0.15) is 61.6 Å². The number of hydrogen-bond donors (Lipinski definition) is 3. The molecule has 64 heavy (non-hydrogen) atoms. The van der Waals surface area contributed by atoms with Gasteiger partial charge in [-0.05, 0) is 116 Å². The molecule has 0 saturated carbocycles. The number of aromatic nitrogens is 4. The molecule has 1 atom stereocenters. The Hall–Kier alpha value is -5.09. The van der Waals surface area contributed by atoms with Gasteiger partial charge in [-0.15, -0.1) is 0 Å². The van der Waals surface area contributed by atoms with E-state index in [1.54, 1.807) is 39.0 Å². The van der Waals surface area contributed by atoms with Crippen molar-refractivity contribution in [3.8, 4) is 5.75 Å². The Balaban J connectivity index is 0.848. The Morgan fingerprint density at radius 1 is 0.922 bits per heavy atom. The highest BCUT2D eigenvalue weighted by molar-refractivity contribution is 9.10. The average Bonchev–Trinajstić information content (AvgIpc) is 3.27. The van der Waals surface area contributed by atoms with Crippen LogP contribution in [0.4, 0.5) is 37.6 Å². The molecule has 3 aliphatic rings. The molecule has 3 fully saturated rings. The molecular formula is C46H54BrF2N10O4P. The first kappa shape index (κ1) is 45.5. The van der Waals surface area contributed by atoms with Gasteiger partial charge < -0.3 is 29.7 Å².